The van der Waals surface area contributed by atoms with Gasteiger partial charge in [-0.15, -0.1) is 15.0 Å². The Hall–Kier alpha value is -3.96. The first-order valence-corrected chi connectivity index (χ1v) is 10.5. The SMILES string of the molecule is O=C(C=Cc1ccc(C2CCCN2CCc2nnn(-c3ccc([N+](=O)[O-])cc3)n2)cc1)NO. The van der Waals surface area contributed by atoms with Gasteiger partial charge in [0.1, 0.15) is 0 Å². The Morgan fingerprint density at radius 1 is 1.21 bits per heavy atom. The molecule has 11 nitrogen and oxygen atoms in total. The van der Waals surface area contributed by atoms with Crippen LogP contribution in [0.2, 0.25) is 0 Å². The van der Waals surface area contributed by atoms with Crippen LogP contribution in [-0.4, -0.2) is 54.2 Å². The van der Waals surface area contributed by atoms with Gasteiger partial charge in [0.05, 0.1) is 10.6 Å². The highest BCUT2D eigenvalue weighted by Crippen LogP contribution is 2.32. The maximum absolute atomic E-state index is 11.1. The zero-order chi connectivity index (χ0) is 23.2. The maximum Gasteiger partial charge on any atom is 0.269 e. The second-order valence-electron chi connectivity index (χ2n) is 7.69. The predicted octanol–water partition coefficient (Wildman–Crippen LogP) is 2.47. The molecule has 1 unspecified atom stereocenters. The van der Waals surface area contributed by atoms with Gasteiger partial charge in [0.25, 0.3) is 11.6 Å². The van der Waals surface area contributed by atoms with E-state index in [9.17, 15) is 14.9 Å². The van der Waals surface area contributed by atoms with Gasteiger partial charge in [0, 0.05) is 37.2 Å². The Morgan fingerprint density at radius 2 is 1.97 bits per heavy atom. The molecular formula is C22H23N7O4. The van der Waals surface area contributed by atoms with Crippen LogP contribution in [0.4, 0.5) is 5.69 Å². The quantitative estimate of drug-likeness (QED) is 0.231. The molecule has 0 bridgehead atoms. The van der Waals surface area contributed by atoms with Crippen molar-refractivity contribution in [2.75, 3.05) is 13.1 Å². The van der Waals surface area contributed by atoms with Crippen molar-refractivity contribution in [2.24, 2.45) is 0 Å². The lowest BCUT2D eigenvalue weighted by Gasteiger charge is -2.24. The highest BCUT2D eigenvalue weighted by molar-refractivity contribution is 5.90. The molecule has 2 aromatic carbocycles. The Labute approximate surface area is 189 Å². The first-order chi connectivity index (χ1) is 16.0. The number of carbonyl (C=O) groups is 1. The minimum absolute atomic E-state index is 0.0128. The molecule has 4 rings (SSSR count). The van der Waals surface area contributed by atoms with Crippen molar-refractivity contribution in [3.05, 3.63) is 81.7 Å². The molecule has 0 spiro atoms. The van der Waals surface area contributed by atoms with E-state index in [2.05, 4.69) is 32.4 Å². The lowest BCUT2D eigenvalue weighted by molar-refractivity contribution is -0.384. The molecule has 1 amide bonds. The van der Waals surface area contributed by atoms with Crippen LogP contribution in [0.15, 0.2) is 54.6 Å². The van der Waals surface area contributed by atoms with Crippen molar-refractivity contribution in [1.29, 1.82) is 0 Å². The molecule has 0 aliphatic carbocycles. The van der Waals surface area contributed by atoms with E-state index in [0.29, 0.717) is 24.0 Å². The molecule has 2 N–H and O–H groups in total. The molecule has 1 fully saturated rings. The van der Waals surface area contributed by atoms with E-state index in [1.54, 1.807) is 23.7 Å². The fourth-order valence-corrected chi connectivity index (χ4v) is 3.91. The number of rotatable bonds is 8. The maximum atomic E-state index is 11.1. The van der Waals surface area contributed by atoms with Gasteiger partial charge in [-0.1, -0.05) is 24.3 Å². The number of hydrogen-bond acceptors (Lipinski definition) is 8. The van der Waals surface area contributed by atoms with Crippen LogP contribution in [0, 0.1) is 10.1 Å². The van der Waals surface area contributed by atoms with E-state index in [0.717, 1.165) is 31.5 Å². The molecule has 11 heteroatoms. The summed E-state index contributed by atoms with van der Waals surface area (Å²) in [6.07, 6.45) is 5.72. The highest BCUT2D eigenvalue weighted by Gasteiger charge is 2.26. The number of nitro benzene ring substituents is 1. The molecule has 170 valence electrons. The third-order valence-electron chi connectivity index (χ3n) is 5.59. The fourth-order valence-electron chi connectivity index (χ4n) is 3.91. The van der Waals surface area contributed by atoms with E-state index in [1.165, 1.54) is 28.6 Å². The molecule has 1 aliphatic rings. The van der Waals surface area contributed by atoms with Crippen LogP contribution in [-0.2, 0) is 11.2 Å². The molecule has 1 saturated heterocycles. The van der Waals surface area contributed by atoms with Crippen LogP contribution < -0.4 is 5.48 Å². The van der Waals surface area contributed by atoms with Crippen molar-refractivity contribution in [1.82, 2.24) is 30.6 Å². The molecule has 1 aromatic heterocycles. The number of hydrogen-bond donors (Lipinski definition) is 2. The standard InChI is InChI=1S/C22H23N7O4/c30-22(25-31)12-5-16-3-6-17(7-4-16)20-2-1-14-27(20)15-13-21-23-26-28(24-21)18-8-10-19(11-9-18)29(32)33/h3-12,20,31H,1-2,13-15H2,(H,25,30). The summed E-state index contributed by atoms with van der Waals surface area (Å²) in [5.74, 6) is 0.0433. The van der Waals surface area contributed by atoms with Gasteiger partial charge in [-0.3, -0.25) is 25.0 Å². The number of benzene rings is 2. The summed E-state index contributed by atoms with van der Waals surface area (Å²) in [5, 5.41) is 32.0. The van der Waals surface area contributed by atoms with Gasteiger partial charge < -0.3 is 0 Å². The van der Waals surface area contributed by atoms with Crippen molar-refractivity contribution in [3.63, 3.8) is 0 Å². The topological polar surface area (TPSA) is 139 Å². The number of likely N-dealkylation sites (tertiary alicyclic amines) is 1. The average molecular weight is 449 g/mol. The second kappa shape index (κ2) is 10.1. The first-order valence-electron chi connectivity index (χ1n) is 10.5. The predicted molar refractivity (Wildman–Crippen MR) is 118 cm³/mol. The summed E-state index contributed by atoms with van der Waals surface area (Å²) in [4.78, 5) is 25.2. The van der Waals surface area contributed by atoms with Crippen LogP contribution in [0.3, 0.4) is 0 Å². The first kappa shape index (κ1) is 22.2. The zero-order valence-electron chi connectivity index (χ0n) is 17.7. The summed E-state index contributed by atoms with van der Waals surface area (Å²) in [7, 11) is 0. The summed E-state index contributed by atoms with van der Waals surface area (Å²) in [6.45, 7) is 1.77. The molecule has 1 atom stereocenters. The third kappa shape index (κ3) is 5.45. The van der Waals surface area contributed by atoms with Gasteiger partial charge in [0.2, 0.25) is 0 Å². The van der Waals surface area contributed by atoms with Gasteiger partial charge in [-0.05, 0) is 53.9 Å². The van der Waals surface area contributed by atoms with Gasteiger partial charge >= 0.3 is 0 Å². The number of carbonyl (C=O) groups excluding carboxylic acids is 1. The number of nitrogens with zero attached hydrogens (tertiary/aromatic N) is 6. The van der Waals surface area contributed by atoms with Crippen LogP contribution in [0.1, 0.15) is 35.8 Å². The van der Waals surface area contributed by atoms with E-state index < -0.39 is 10.8 Å². The fraction of sp³-hybridized carbons (Fsp3) is 0.273. The van der Waals surface area contributed by atoms with E-state index >= 15 is 0 Å². The summed E-state index contributed by atoms with van der Waals surface area (Å²) >= 11 is 0. The number of hydroxylamine groups is 1. The zero-order valence-corrected chi connectivity index (χ0v) is 17.7. The van der Waals surface area contributed by atoms with E-state index in [-0.39, 0.29) is 5.69 Å². The number of nitrogens with one attached hydrogen (secondary N) is 1. The Kier molecular flexibility index (Phi) is 6.81. The van der Waals surface area contributed by atoms with Crippen LogP contribution in [0.5, 0.6) is 0 Å². The second-order valence-corrected chi connectivity index (χ2v) is 7.69. The minimum Gasteiger partial charge on any atom is -0.296 e. The molecule has 1 aliphatic heterocycles. The summed E-state index contributed by atoms with van der Waals surface area (Å²) in [6, 6.07) is 14.3. The monoisotopic (exact) mass is 449 g/mol. The third-order valence-corrected chi connectivity index (χ3v) is 5.59. The molecule has 33 heavy (non-hydrogen) atoms. The van der Waals surface area contributed by atoms with Crippen LogP contribution >= 0.6 is 0 Å². The minimum atomic E-state index is -0.569. The molecule has 3 aromatic rings. The summed E-state index contributed by atoms with van der Waals surface area (Å²) in [5.41, 5.74) is 4.28. The molecule has 0 radical (unpaired) electrons. The van der Waals surface area contributed by atoms with Gasteiger partial charge in [-0.2, -0.15) is 0 Å². The summed E-state index contributed by atoms with van der Waals surface area (Å²) < 4.78 is 0. The molecule has 2 heterocycles. The Balaban J connectivity index is 1.36. The van der Waals surface area contributed by atoms with Crippen molar-refractivity contribution < 1.29 is 14.9 Å². The highest BCUT2D eigenvalue weighted by atomic mass is 16.6. The van der Waals surface area contributed by atoms with Crippen molar-refractivity contribution >= 4 is 17.7 Å². The molecular weight excluding hydrogens is 426 g/mol. The van der Waals surface area contributed by atoms with Crippen molar-refractivity contribution in [2.45, 2.75) is 25.3 Å². The Morgan fingerprint density at radius 3 is 2.67 bits per heavy atom. The number of amides is 1. The number of nitro groups is 1. The van der Waals surface area contributed by atoms with Gasteiger partial charge in [-0.25, -0.2) is 5.48 Å². The van der Waals surface area contributed by atoms with Crippen molar-refractivity contribution in [3.8, 4) is 5.69 Å². The molecule has 0 saturated carbocycles. The average Bonchev–Trinajstić information content (AvgIpc) is 3.51. The van der Waals surface area contributed by atoms with E-state index in [1.807, 2.05) is 12.1 Å². The number of aromatic nitrogens is 4. The van der Waals surface area contributed by atoms with Crippen LogP contribution in [0.25, 0.3) is 11.8 Å². The Bertz CT molecular complexity index is 1140. The number of non-ortho nitro benzene ring substituents is 1. The normalized spacial score (nSPS) is 16.3. The lowest BCUT2D eigenvalue weighted by Crippen LogP contribution is -2.26. The van der Waals surface area contributed by atoms with Gasteiger partial charge in [0.15, 0.2) is 5.82 Å². The smallest absolute Gasteiger partial charge is 0.269 e. The number of tetrazole rings is 1. The lowest BCUT2D eigenvalue weighted by atomic mass is 10.0. The van der Waals surface area contributed by atoms with E-state index in [4.69, 9.17) is 5.21 Å². The largest absolute Gasteiger partial charge is 0.296 e.